The van der Waals surface area contributed by atoms with E-state index >= 15 is 0 Å². The highest BCUT2D eigenvalue weighted by Crippen LogP contribution is 2.25. The van der Waals surface area contributed by atoms with Crippen LogP contribution in [-0.4, -0.2) is 4.98 Å². The second-order valence-electron chi connectivity index (χ2n) is 4.62. The van der Waals surface area contributed by atoms with E-state index in [2.05, 4.69) is 11.1 Å². The zero-order valence-electron chi connectivity index (χ0n) is 8.48. The van der Waals surface area contributed by atoms with E-state index in [1.54, 1.807) is 0 Å². The Balaban J connectivity index is 2.36. The lowest BCUT2D eigenvalue weighted by atomic mass is 9.97. The Morgan fingerprint density at radius 2 is 2.00 bits per heavy atom. The van der Waals surface area contributed by atoms with Crippen molar-refractivity contribution in [1.29, 1.82) is 0 Å². The van der Waals surface area contributed by atoms with Gasteiger partial charge >= 0.3 is 0 Å². The fraction of sp³-hybridized carbons (Fsp3) is 0.636. The SMILES string of the molecule is CC(C)(N)c1cc2c([nH]1)CCCC2. The highest BCUT2D eigenvalue weighted by atomic mass is 14.8. The van der Waals surface area contributed by atoms with Crippen molar-refractivity contribution in [1.82, 2.24) is 4.98 Å². The number of rotatable bonds is 1. The first kappa shape index (κ1) is 8.82. The minimum atomic E-state index is -0.225. The van der Waals surface area contributed by atoms with Crippen LogP contribution in [0.15, 0.2) is 6.07 Å². The molecule has 1 heterocycles. The van der Waals surface area contributed by atoms with Crippen molar-refractivity contribution in [3.05, 3.63) is 23.0 Å². The number of aromatic amines is 1. The summed E-state index contributed by atoms with van der Waals surface area (Å²) < 4.78 is 0. The highest BCUT2D eigenvalue weighted by Gasteiger charge is 2.20. The summed E-state index contributed by atoms with van der Waals surface area (Å²) in [5, 5.41) is 0. The van der Waals surface area contributed by atoms with Gasteiger partial charge in [0.1, 0.15) is 0 Å². The minimum absolute atomic E-state index is 0.225. The summed E-state index contributed by atoms with van der Waals surface area (Å²) in [6, 6.07) is 2.24. The van der Waals surface area contributed by atoms with Crippen LogP contribution in [0.1, 0.15) is 43.6 Å². The molecule has 0 atom stereocenters. The zero-order valence-corrected chi connectivity index (χ0v) is 8.48. The van der Waals surface area contributed by atoms with E-state index in [4.69, 9.17) is 5.73 Å². The van der Waals surface area contributed by atoms with Crippen molar-refractivity contribution in [2.24, 2.45) is 5.73 Å². The Morgan fingerprint density at radius 3 is 2.62 bits per heavy atom. The third kappa shape index (κ3) is 1.63. The molecule has 0 saturated carbocycles. The van der Waals surface area contributed by atoms with Crippen molar-refractivity contribution in [2.75, 3.05) is 0 Å². The van der Waals surface area contributed by atoms with Gasteiger partial charge in [0.15, 0.2) is 0 Å². The van der Waals surface area contributed by atoms with Crippen molar-refractivity contribution < 1.29 is 0 Å². The smallest absolute Gasteiger partial charge is 0.0504 e. The van der Waals surface area contributed by atoms with Crippen molar-refractivity contribution in [3.8, 4) is 0 Å². The fourth-order valence-corrected chi connectivity index (χ4v) is 1.95. The molecule has 13 heavy (non-hydrogen) atoms. The van der Waals surface area contributed by atoms with Crippen molar-refractivity contribution in [2.45, 2.75) is 45.1 Å². The van der Waals surface area contributed by atoms with Crippen LogP contribution in [0.25, 0.3) is 0 Å². The predicted molar refractivity (Wildman–Crippen MR) is 54.6 cm³/mol. The summed E-state index contributed by atoms with van der Waals surface area (Å²) >= 11 is 0. The molecule has 1 aromatic rings. The van der Waals surface area contributed by atoms with Crippen LogP contribution in [0, 0.1) is 0 Å². The third-order valence-corrected chi connectivity index (χ3v) is 2.81. The second kappa shape index (κ2) is 2.88. The predicted octanol–water partition coefficient (Wildman–Crippen LogP) is 2.09. The largest absolute Gasteiger partial charge is 0.361 e. The Labute approximate surface area is 79.5 Å². The summed E-state index contributed by atoms with van der Waals surface area (Å²) in [5.41, 5.74) is 9.90. The molecule has 0 unspecified atom stereocenters. The van der Waals surface area contributed by atoms with Crippen LogP contribution in [0.2, 0.25) is 0 Å². The van der Waals surface area contributed by atoms with E-state index < -0.39 is 0 Å². The molecule has 2 rings (SSSR count). The molecule has 0 fully saturated rings. The molecule has 0 aliphatic heterocycles. The van der Waals surface area contributed by atoms with Gasteiger partial charge in [-0.1, -0.05) is 0 Å². The molecule has 2 nitrogen and oxygen atoms in total. The van der Waals surface area contributed by atoms with Crippen LogP contribution >= 0.6 is 0 Å². The van der Waals surface area contributed by atoms with Gasteiger partial charge in [-0.2, -0.15) is 0 Å². The Bertz CT molecular complexity index is 281. The van der Waals surface area contributed by atoms with Gasteiger partial charge in [0.2, 0.25) is 0 Å². The summed E-state index contributed by atoms with van der Waals surface area (Å²) in [7, 11) is 0. The van der Waals surface area contributed by atoms with Crippen LogP contribution in [0.3, 0.4) is 0 Å². The molecule has 72 valence electrons. The molecule has 0 amide bonds. The van der Waals surface area contributed by atoms with E-state index in [0.29, 0.717) is 0 Å². The maximum atomic E-state index is 6.04. The number of aromatic nitrogens is 1. The molecule has 0 aromatic carbocycles. The van der Waals surface area contributed by atoms with Gasteiger partial charge in [-0.05, 0) is 51.2 Å². The molecule has 0 bridgehead atoms. The monoisotopic (exact) mass is 178 g/mol. The number of H-pyrrole nitrogens is 1. The molecule has 1 aromatic heterocycles. The number of aryl methyl sites for hydroxylation is 2. The van der Waals surface area contributed by atoms with Crippen LogP contribution in [-0.2, 0) is 18.4 Å². The first-order valence-corrected chi connectivity index (χ1v) is 5.07. The molecule has 1 aliphatic carbocycles. The Kier molecular flexibility index (Phi) is 1.95. The number of fused-ring (bicyclic) bond motifs is 1. The topological polar surface area (TPSA) is 41.8 Å². The van der Waals surface area contributed by atoms with E-state index in [9.17, 15) is 0 Å². The minimum Gasteiger partial charge on any atom is -0.361 e. The average molecular weight is 178 g/mol. The molecule has 0 spiro atoms. The van der Waals surface area contributed by atoms with Gasteiger partial charge in [-0.15, -0.1) is 0 Å². The van der Waals surface area contributed by atoms with E-state index in [0.717, 1.165) is 0 Å². The van der Waals surface area contributed by atoms with Crippen LogP contribution in [0.5, 0.6) is 0 Å². The standard InChI is InChI=1S/C11H18N2/c1-11(2,12)10-7-8-5-3-4-6-9(8)13-10/h7,13H,3-6,12H2,1-2H3. The quantitative estimate of drug-likeness (QED) is 0.679. The molecular formula is C11H18N2. The lowest BCUT2D eigenvalue weighted by molar-refractivity contribution is 0.536. The number of hydrogen-bond donors (Lipinski definition) is 2. The van der Waals surface area contributed by atoms with Gasteiger partial charge in [0.25, 0.3) is 0 Å². The third-order valence-electron chi connectivity index (χ3n) is 2.81. The molecule has 0 radical (unpaired) electrons. The Morgan fingerprint density at radius 1 is 1.31 bits per heavy atom. The summed E-state index contributed by atoms with van der Waals surface area (Å²) in [4.78, 5) is 3.45. The molecule has 1 aliphatic rings. The number of hydrogen-bond acceptors (Lipinski definition) is 1. The van der Waals surface area contributed by atoms with Crippen molar-refractivity contribution in [3.63, 3.8) is 0 Å². The molecule has 2 heteroatoms. The van der Waals surface area contributed by atoms with Gasteiger partial charge in [0, 0.05) is 11.4 Å². The number of nitrogens with one attached hydrogen (secondary N) is 1. The lowest BCUT2D eigenvalue weighted by Crippen LogP contribution is -2.29. The first-order chi connectivity index (χ1) is 6.07. The summed E-state index contributed by atoms with van der Waals surface area (Å²) in [6.45, 7) is 4.09. The maximum absolute atomic E-state index is 6.04. The Hall–Kier alpha value is -0.760. The number of nitrogens with two attached hydrogens (primary N) is 1. The highest BCUT2D eigenvalue weighted by molar-refractivity contribution is 5.31. The molecular weight excluding hydrogens is 160 g/mol. The maximum Gasteiger partial charge on any atom is 0.0504 e. The summed E-state index contributed by atoms with van der Waals surface area (Å²) in [5.74, 6) is 0. The van der Waals surface area contributed by atoms with Gasteiger partial charge in [0.05, 0.1) is 5.54 Å². The van der Waals surface area contributed by atoms with Crippen molar-refractivity contribution >= 4 is 0 Å². The van der Waals surface area contributed by atoms with E-state index in [-0.39, 0.29) is 5.54 Å². The van der Waals surface area contributed by atoms with Gasteiger partial charge in [-0.3, -0.25) is 0 Å². The second-order valence-corrected chi connectivity index (χ2v) is 4.62. The molecule has 0 saturated heterocycles. The van der Waals surface area contributed by atoms with E-state index in [1.165, 1.54) is 42.6 Å². The zero-order chi connectivity index (χ0) is 9.47. The van der Waals surface area contributed by atoms with Gasteiger partial charge in [-0.25, -0.2) is 0 Å². The average Bonchev–Trinajstić information content (AvgIpc) is 2.45. The van der Waals surface area contributed by atoms with Crippen LogP contribution in [0.4, 0.5) is 0 Å². The first-order valence-electron chi connectivity index (χ1n) is 5.07. The lowest BCUT2D eigenvalue weighted by Gasteiger charge is -2.16. The normalized spacial score (nSPS) is 17.2. The fourth-order valence-electron chi connectivity index (χ4n) is 1.95. The molecule has 3 N–H and O–H groups in total. The van der Waals surface area contributed by atoms with Crippen LogP contribution < -0.4 is 5.73 Å². The van der Waals surface area contributed by atoms with Gasteiger partial charge < -0.3 is 10.7 Å². The van der Waals surface area contributed by atoms with E-state index in [1.807, 2.05) is 13.8 Å². The summed E-state index contributed by atoms with van der Waals surface area (Å²) in [6.07, 6.45) is 5.07.